The summed E-state index contributed by atoms with van der Waals surface area (Å²) in [5.41, 5.74) is 0.659. The molecular formula is C15H15NO3S. The Labute approximate surface area is 121 Å². The van der Waals surface area contributed by atoms with E-state index in [1.54, 1.807) is 43.5 Å². The van der Waals surface area contributed by atoms with Crippen LogP contribution in [-0.4, -0.2) is 23.9 Å². The summed E-state index contributed by atoms with van der Waals surface area (Å²) in [6.45, 7) is 0. The minimum Gasteiger partial charge on any atom is -0.508 e. The van der Waals surface area contributed by atoms with Gasteiger partial charge in [-0.1, -0.05) is 12.1 Å². The van der Waals surface area contributed by atoms with Gasteiger partial charge in [0, 0.05) is 4.90 Å². The second kappa shape index (κ2) is 6.86. The van der Waals surface area contributed by atoms with Crippen molar-refractivity contribution in [2.75, 3.05) is 18.2 Å². The molecule has 0 saturated heterocycles. The van der Waals surface area contributed by atoms with Crippen LogP contribution in [0.5, 0.6) is 11.5 Å². The molecule has 2 rings (SSSR count). The van der Waals surface area contributed by atoms with Crippen molar-refractivity contribution in [3.05, 3.63) is 48.5 Å². The number of thioether (sulfide) groups is 1. The lowest BCUT2D eigenvalue weighted by molar-refractivity contribution is -0.113. The SMILES string of the molecule is COc1ccccc1NC(=O)CSc1ccc(O)cc1. The van der Waals surface area contributed by atoms with Crippen LogP contribution in [0.4, 0.5) is 5.69 Å². The molecule has 2 aromatic rings. The van der Waals surface area contributed by atoms with E-state index >= 15 is 0 Å². The minimum atomic E-state index is -0.104. The van der Waals surface area contributed by atoms with Gasteiger partial charge in [-0.05, 0) is 36.4 Å². The lowest BCUT2D eigenvalue weighted by atomic mass is 10.3. The molecular weight excluding hydrogens is 274 g/mol. The number of ether oxygens (including phenoxy) is 1. The van der Waals surface area contributed by atoms with Crippen molar-refractivity contribution in [1.29, 1.82) is 0 Å². The number of methoxy groups -OCH3 is 1. The number of para-hydroxylation sites is 2. The molecule has 0 aliphatic carbocycles. The molecule has 0 aliphatic rings. The average Bonchev–Trinajstić information content (AvgIpc) is 2.47. The van der Waals surface area contributed by atoms with Crippen molar-refractivity contribution in [2.45, 2.75) is 4.90 Å². The van der Waals surface area contributed by atoms with Crippen LogP contribution in [0.15, 0.2) is 53.4 Å². The fourth-order valence-electron chi connectivity index (χ4n) is 1.63. The number of aromatic hydroxyl groups is 1. The Balaban J connectivity index is 1.91. The van der Waals surface area contributed by atoms with Crippen molar-refractivity contribution in [2.24, 2.45) is 0 Å². The number of carbonyl (C=O) groups excluding carboxylic acids is 1. The lowest BCUT2D eigenvalue weighted by Crippen LogP contribution is -2.14. The Kier molecular flexibility index (Phi) is 4.90. The van der Waals surface area contributed by atoms with Crippen LogP contribution in [0.25, 0.3) is 0 Å². The predicted molar refractivity (Wildman–Crippen MR) is 80.5 cm³/mol. The quantitative estimate of drug-likeness (QED) is 0.830. The number of phenolic OH excluding ortho intramolecular Hbond substituents is 1. The van der Waals surface area contributed by atoms with Gasteiger partial charge in [-0.15, -0.1) is 11.8 Å². The van der Waals surface area contributed by atoms with E-state index in [9.17, 15) is 9.90 Å². The molecule has 0 aromatic heterocycles. The van der Waals surface area contributed by atoms with E-state index in [0.717, 1.165) is 4.90 Å². The van der Waals surface area contributed by atoms with Crippen molar-refractivity contribution >= 4 is 23.4 Å². The highest BCUT2D eigenvalue weighted by Crippen LogP contribution is 2.24. The highest BCUT2D eigenvalue weighted by molar-refractivity contribution is 8.00. The fourth-order valence-corrected chi connectivity index (χ4v) is 2.32. The zero-order chi connectivity index (χ0) is 14.4. The molecule has 0 aliphatic heterocycles. The predicted octanol–water partition coefficient (Wildman–Crippen LogP) is 3.13. The third-order valence-corrected chi connectivity index (χ3v) is 3.60. The van der Waals surface area contributed by atoms with Crippen LogP contribution in [0, 0.1) is 0 Å². The summed E-state index contributed by atoms with van der Waals surface area (Å²) in [5, 5.41) is 12.0. The maximum absolute atomic E-state index is 11.9. The van der Waals surface area contributed by atoms with Crippen LogP contribution in [0.1, 0.15) is 0 Å². The molecule has 104 valence electrons. The maximum Gasteiger partial charge on any atom is 0.234 e. The van der Waals surface area contributed by atoms with E-state index < -0.39 is 0 Å². The van der Waals surface area contributed by atoms with Gasteiger partial charge in [0.05, 0.1) is 18.6 Å². The van der Waals surface area contributed by atoms with E-state index in [1.807, 2.05) is 12.1 Å². The Morgan fingerprint density at radius 1 is 1.20 bits per heavy atom. The molecule has 0 saturated carbocycles. The van der Waals surface area contributed by atoms with Gasteiger partial charge in [0.15, 0.2) is 0 Å². The van der Waals surface area contributed by atoms with Gasteiger partial charge in [0.1, 0.15) is 11.5 Å². The van der Waals surface area contributed by atoms with Gasteiger partial charge in [-0.2, -0.15) is 0 Å². The van der Waals surface area contributed by atoms with E-state index in [4.69, 9.17) is 4.74 Å². The summed E-state index contributed by atoms with van der Waals surface area (Å²) in [6.07, 6.45) is 0. The Morgan fingerprint density at radius 2 is 1.90 bits per heavy atom. The monoisotopic (exact) mass is 289 g/mol. The number of nitrogens with one attached hydrogen (secondary N) is 1. The molecule has 0 radical (unpaired) electrons. The van der Waals surface area contributed by atoms with Crippen LogP contribution in [0.3, 0.4) is 0 Å². The lowest BCUT2D eigenvalue weighted by Gasteiger charge is -2.09. The molecule has 0 bridgehead atoms. The molecule has 0 fully saturated rings. The van der Waals surface area contributed by atoms with E-state index in [-0.39, 0.29) is 11.7 Å². The van der Waals surface area contributed by atoms with Crippen LogP contribution >= 0.6 is 11.8 Å². The Hall–Kier alpha value is -2.14. The molecule has 4 nitrogen and oxygen atoms in total. The third kappa shape index (κ3) is 3.93. The van der Waals surface area contributed by atoms with Crippen LogP contribution < -0.4 is 10.1 Å². The molecule has 0 heterocycles. The van der Waals surface area contributed by atoms with Gasteiger partial charge >= 0.3 is 0 Å². The molecule has 0 atom stereocenters. The zero-order valence-electron chi connectivity index (χ0n) is 11.0. The number of hydrogen-bond acceptors (Lipinski definition) is 4. The normalized spacial score (nSPS) is 10.1. The molecule has 0 spiro atoms. The van der Waals surface area contributed by atoms with Crippen molar-refractivity contribution in [3.63, 3.8) is 0 Å². The third-order valence-electron chi connectivity index (χ3n) is 2.59. The molecule has 0 unspecified atom stereocenters. The summed E-state index contributed by atoms with van der Waals surface area (Å²) < 4.78 is 5.17. The number of phenols is 1. The zero-order valence-corrected chi connectivity index (χ0v) is 11.8. The summed E-state index contributed by atoms with van der Waals surface area (Å²) in [5.74, 6) is 1.04. The highest BCUT2D eigenvalue weighted by Gasteiger charge is 2.07. The van der Waals surface area contributed by atoms with Crippen LogP contribution in [0.2, 0.25) is 0 Å². The van der Waals surface area contributed by atoms with E-state index in [0.29, 0.717) is 17.2 Å². The molecule has 1 amide bonds. The van der Waals surface area contributed by atoms with Crippen molar-refractivity contribution in [1.82, 2.24) is 0 Å². The molecule has 20 heavy (non-hydrogen) atoms. The Morgan fingerprint density at radius 3 is 2.60 bits per heavy atom. The summed E-state index contributed by atoms with van der Waals surface area (Å²) >= 11 is 1.41. The Bertz CT molecular complexity index is 584. The summed E-state index contributed by atoms with van der Waals surface area (Å²) in [4.78, 5) is 12.8. The van der Waals surface area contributed by atoms with Gasteiger partial charge in [-0.3, -0.25) is 4.79 Å². The summed E-state index contributed by atoms with van der Waals surface area (Å²) in [7, 11) is 1.57. The largest absolute Gasteiger partial charge is 0.508 e. The smallest absolute Gasteiger partial charge is 0.234 e. The fraction of sp³-hybridized carbons (Fsp3) is 0.133. The minimum absolute atomic E-state index is 0.104. The number of anilines is 1. The van der Waals surface area contributed by atoms with E-state index in [2.05, 4.69) is 5.32 Å². The van der Waals surface area contributed by atoms with Gasteiger partial charge < -0.3 is 15.2 Å². The first-order chi connectivity index (χ1) is 9.69. The first-order valence-corrected chi connectivity index (χ1v) is 7.02. The number of rotatable bonds is 5. The highest BCUT2D eigenvalue weighted by atomic mass is 32.2. The van der Waals surface area contributed by atoms with Crippen molar-refractivity contribution in [3.8, 4) is 11.5 Å². The molecule has 2 aromatic carbocycles. The summed E-state index contributed by atoms with van der Waals surface area (Å²) in [6, 6.07) is 14.0. The maximum atomic E-state index is 11.9. The molecule has 2 N–H and O–H groups in total. The first-order valence-electron chi connectivity index (χ1n) is 6.04. The molecule has 5 heteroatoms. The van der Waals surface area contributed by atoms with Gasteiger partial charge in [0.2, 0.25) is 5.91 Å². The van der Waals surface area contributed by atoms with E-state index in [1.165, 1.54) is 11.8 Å². The number of hydrogen-bond donors (Lipinski definition) is 2. The van der Waals surface area contributed by atoms with Crippen LogP contribution in [-0.2, 0) is 4.79 Å². The standard InChI is InChI=1S/C15H15NO3S/c1-19-14-5-3-2-4-13(14)16-15(18)10-20-12-8-6-11(17)7-9-12/h2-9,17H,10H2,1H3,(H,16,18). The first kappa shape index (κ1) is 14.3. The second-order valence-electron chi connectivity index (χ2n) is 4.03. The number of carbonyl (C=O) groups is 1. The second-order valence-corrected chi connectivity index (χ2v) is 5.08. The van der Waals surface area contributed by atoms with Crippen molar-refractivity contribution < 1.29 is 14.6 Å². The van der Waals surface area contributed by atoms with Gasteiger partial charge in [-0.25, -0.2) is 0 Å². The topological polar surface area (TPSA) is 58.6 Å². The number of amides is 1. The number of benzene rings is 2. The average molecular weight is 289 g/mol. The van der Waals surface area contributed by atoms with Gasteiger partial charge in [0.25, 0.3) is 0 Å².